The number of amides is 1. The number of rotatable bonds is 5. The molecular formula is C12H19IN2OS. The third-order valence-corrected chi connectivity index (χ3v) is 4.09. The zero-order valence-electron chi connectivity index (χ0n) is 10.7. The van der Waals surface area contributed by atoms with Gasteiger partial charge < -0.3 is 10.2 Å². The highest BCUT2D eigenvalue weighted by Crippen LogP contribution is 2.18. The van der Waals surface area contributed by atoms with Crippen LogP contribution in [0.25, 0.3) is 0 Å². The van der Waals surface area contributed by atoms with Crippen LogP contribution in [0.2, 0.25) is 0 Å². The van der Waals surface area contributed by atoms with Gasteiger partial charge in [-0.15, -0.1) is 11.3 Å². The standard InChI is InChI=1S/C12H19IN2OS/c1-12(2,8-15(3)4)7-14-11(16)9-5-10(13)17-6-9/h5-6H,7-8H2,1-4H3,(H,14,16). The van der Waals surface area contributed by atoms with E-state index in [-0.39, 0.29) is 11.3 Å². The molecule has 5 heteroatoms. The van der Waals surface area contributed by atoms with Gasteiger partial charge in [-0.3, -0.25) is 4.79 Å². The molecule has 0 aliphatic carbocycles. The molecule has 3 nitrogen and oxygen atoms in total. The molecule has 1 rings (SSSR count). The summed E-state index contributed by atoms with van der Waals surface area (Å²) in [7, 11) is 4.09. The monoisotopic (exact) mass is 366 g/mol. The second-order valence-electron chi connectivity index (χ2n) is 5.22. The zero-order chi connectivity index (χ0) is 13.1. The molecule has 0 radical (unpaired) electrons. The predicted octanol–water partition coefficient (Wildman–Crippen LogP) is 2.67. The van der Waals surface area contributed by atoms with Crippen molar-refractivity contribution in [3.05, 3.63) is 19.9 Å². The molecule has 1 heterocycles. The van der Waals surface area contributed by atoms with Crippen LogP contribution in [0, 0.1) is 8.30 Å². The Bertz CT molecular complexity index is 388. The highest BCUT2D eigenvalue weighted by atomic mass is 127. The minimum absolute atomic E-state index is 0.0241. The molecule has 0 aromatic carbocycles. The summed E-state index contributed by atoms with van der Waals surface area (Å²) < 4.78 is 1.14. The van der Waals surface area contributed by atoms with Crippen molar-refractivity contribution in [1.29, 1.82) is 0 Å². The van der Waals surface area contributed by atoms with Gasteiger partial charge in [-0.1, -0.05) is 13.8 Å². The first-order chi connectivity index (χ1) is 7.80. The minimum atomic E-state index is 0.0241. The molecule has 0 spiro atoms. The molecule has 0 fully saturated rings. The Kier molecular flexibility index (Phi) is 5.40. The number of nitrogens with one attached hydrogen (secondary N) is 1. The number of nitrogens with zero attached hydrogens (tertiary/aromatic N) is 1. The van der Waals surface area contributed by atoms with Crippen molar-refractivity contribution in [2.24, 2.45) is 5.41 Å². The molecule has 0 aliphatic heterocycles. The number of hydrogen-bond donors (Lipinski definition) is 1. The zero-order valence-corrected chi connectivity index (χ0v) is 13.7. The Morgan fingerprint density at radius 1 is 1.53 bits per heavy atom. The maximum absolute atomic E-state index is 11.9. The first-order valence-electron chi connectivity index (χ1n) is 5.47. The fourth-order valence-electron chi connectivity index (χ4n) is 1.76. The van der Waals surface area contributed by atoms with E-state index in [1.165, 1.54) is 0 Å². The van der Waals surface area contributed by atoms with E-state index in [0.717, 1.165) is 15.0 Å². The van der Waals surface area contributed by atoms with Gasteiger partial charge in [0.05, 0.1) is 8.45 Å². The summed E-state index contributed by atoms with van der Waals surface area (Å²) in [6.07, 6.45) is 0. The molecule has 96 valence electrons. The van der Waals surface area contributed by atoms with Crippen molar-refractivity contribution in [1.82, 2.24) is 10.2 Å². The lowest BCUT2D eigenvalue weighted by Gasteiger charge is -2.28. The van der Waals surface area contributed by atoms with Gasteiger partial charge in [0.1, 0.15) is 0 Å². The smallest absolute Gasteiger partial charge is 0.252 e. The highest BCUT2D eigenvalue weighted by Gasteiger charge is 2.20. The van der Waals surface area contributed by atoms with Crippen LogP contribution in [0.1, 0.15) is 24.2 Å². The molecule has 1 aromatic rings. The summed E-state index contributed by atoms with van der Waals surface area (Å²) in [5, 5.41) is 4.89. The van der Waals surface area contributed by atoms with E-state index >= 15 is 0 Å². The van der Waals surface area contributed by atoms with Crippen molar-refractivity contribution in [3.8, 4) is 0 Å². The average molecular weight is 366 g/mol. The summed E-state index contributed by atoms with van der Waals surface area (Å²) in [6, 6.07) is 1.92. The molecule has 0 aliphatic rings. The van der Waals surface area contributed by atoms with Gasteiger partial charge in [0, 0.05) is 18.5 Å². The van der Waals surface area contributed by atoms with Gasteiger partial charge in [-0.2, -0.15) is 0 Å². The van der Waals surface area contributed by atoms with Gasteiger partial charge in [0.2, 0.25) is 0 Å². The van der Waals surface area contributed by atoms with E-state index < -0.39 is 0 Å². The van der Waals surface area contributed by atoms with Crippen molar-refractivity contribution in [2.45, 2.75) is 13.8 Å². The summed E-state index contributed by atoms with van der Waals surface area (Å²) in [5.41, 5.74) is 0.850. The van der Waals surface area contributed by atoms with Crippen LogP contribution in [-0.4, -0.2) is 38.0 Å². The van der Waals surface area contributed by atoms with E-state index in [2.05, 4.69) is 46.7 Å². The first kappa shape index (κ1) is 14.9. The Morgan fingerprint density at radius 3 is 2.65 bits per heavy atom. The second kappa shape index (κ2) is 6.15. The predicted molar refractivity (Wildman–Crippen MR) is 81.7 cm³/mol. The minimum Gasteiger partial charge on any atom is -0.351 e. The summed E-state index contributed by atoms with van der Waals surface area (Å²) in [4.78, 5) is 14.0. The largest absolute Gasteiger partial charge is 0.351 e. The average Bonchev–Trinajstić information content (AvgIpc) is 2.59. The maximum Gasteiger partial charge on any atom is 0.252 e. The van der Waals surface area contributed by atoms with Crippen LogP contribution in [0.3, 0.4) is 0 Å². The summed E-state index contributed by atoms with van der Waals surface area (Å²) in [5.74, 6) is 0.0241. The highest BCUT2D eigenvalue weighted by molar-refractivity contribution is 14.1. The van der Waals surface area contributed by atoms with E-state index in [4.69, 9.17) is 0 Å². The third-order valence-electron chi connectivity index (χ3n) is 2.30. The Morgan fingerprint density at radius 2 is 2.18 bits per heavy atom. The Balaban J connectivity index is 2.48. The first-order valence-corrected chi connectivity index (χ1v) is 7.43. The summed E-state index contributed by atoms with van der Waals surface area (Å²) in [6.45, 7) is 5.96. The number of carbonyl (C=O) groups excluding carboxylic acids is 1. The fraction of sp³-hybridized carbons (Fsp3) is 0.583. The number of hydrogen-bond acceptors (Lipinski definition) is 3. The van der Waals surface area contributed by atoms with E-state index in [1.54, 1.807) is 11.3 Å². The topological polar surface area (TPSA) is 32.3 Å². The molecule has 0 unspecified atom stereocenters. The van der Waals surface area contributed by atoms with Crippen LogP contribution < -0.4 is 5.32 Å². The lowest BCUT2D eigenvalue weighted by atomic mass is 9.93. The van der Waals surface area contributed by atoms with Gasteiger partial charge in [0.25, 0.3) is 5.91 Å². The Hall–Kier alpha value is -0.140. The van der Waals surface area contributed by atoms with Gasteiger partial charge in [-0.25, -0.2) is 0 Å². The SMILES string of the molecule is CN(C)CC(C)(C)CNC(=O)c1csc(I)c1. The molecule has 1 N–H and O–H groups in total. The van der Waals surface area contributed by atoms with Gasteiger partial charge >= 0.3 is 0 Å². The molecule has 0 bridgehead atoms. The molecule has 17 heavy (non-hydrogen) atoms. The quantitative estimate of drug-likeness (QED) is 0.813. The number of halogens is 1. The molecule has 0 saturated carbocycles. The fourth-order valence-corrected chi connectivity index (χ4v) is 3.09. The third kappa shape index (κ3) is 5.35. The number of carbonyl (C=O) groups is 1. The maximum atomic E-state index is 11.9. The van der Waals surface area contributed by atoms with Crippen LogP contribution >= 0.6 is 33.9 Å². The molecule has 1 amide bonds. The molecule has 1 aromatic heterocycles. The van der Waals surface area contributed by atoms with Crippen molar-refractivity contribution >= 4 is 39.8 Å². The molecular weight excluding hydrogens is 347 g/mol. The lowest BCUT2D eigenvalue weighted by Crippen LogP contribution is -2.39. The molecule has 0 saturated heterocycles. The Labute approximate surface area is 121 Å². The van der Waals surface area contributed by atoms with E-state index in [1.807, 2.05) is 25.5 Å². The van der Waals surface area contributed by atoms with Gasteiger partial charge in [0.15, 0.2) is 0 Å². The van der Waals surface area contributed by atoms with Crippen molar-refractivity contribution in [3.63, 3.8) is 0 Å². The van der Waals surface area contributed by atoms with Crippen molar-refractivity contribution in [2.75, 3.05) is 27.2 Å². The normalized spacial score (nSPS) is 11.9. The van der Waals surface area contributed by atoms with Crippen LogP contribution in [-0.2, 0) is 0 Å². The summed E-state index contributed by atoms with van der Waals surface area (Å²) >= 11 is 3.82. The van der Waals surface area contributed by atoms with Crippen LogP contribution in [0.5, 0.6) is 0 Å². The van der Waals surface area contributed by atoms with E-state index in [0.29, 0.717) is 6.54 Å². The van der Waals surface area contributed by atoms with Gasteiger partial charge in [-0.05, 0) is 48.2 Å². The van der Waals surface area contributed by atoms with Crippen molar-refractivity contribution < 1.29 is 4.79 Å². The van der Waals surface area contributed by atoms with E-state index in [9.17, 15) is 4.79 Å². The van der Waals surface area contributed by atoms with Crippen LogP contribution in [0.15, 0.2) is 11.4 Å². The number of thiophene rings is 1. The lowest BCUT2D eigenvalue weighted by molar-refractivity contribution is 0.0929. The second-order valence-corrected chi connectivity index (χ2v) is 8.03. The molecule has 0 atom stereocenters. The van der Waals surface area contributed by atoms with Crippen LogP contribution in [0.4, 0.5) is 0 Å².